The summed E-state index contributed by atoms with van der Waals surface area (Å²) in [5.41, 5.74) is 0. The number of ether oxygens (including phenoxy) is 1. The third-order valence-corrected chi connectivity index (χ3v) is 3.12. The van der Waals surface area contributed by atoms with Crippen molar-refractivity contribution in [2.75, 3.05) is 18.6 Å². The Kier molecular flexibility index (Phi) is 3.42. The molecule has 1 aromatic heterocycles. The number of pyridine rings is 1. The number of esters is 1. The van der Waals surface area contributed by atoms with E-state index in [1.807, 2.05) is 0 Å². The molecule has 1 aromatic rings. The number of rotatable bonds is 2. The minimum absolute atomic E-state index is 0.102. The van der Waals surface area contributed by atoms with Gasteiger partial charge in [0, 0.05) is 23.6 Å². The van der Waals surface area contributed by atoms with Gasteiger partial charge in [-0.3, -0.25) is 14.5 Å². The molecular formula is C11H11BrN2O3. The van der Waals surface area contributed by atoms with E-state index in [-0.39, 0.29) is 18.3 Å². The van der Waals surface area contributed by atoms with Crippen molar-refractivity contribution >= 4 is 33.6 Å². The predicted octanol–water partition coefficient (Wildman–Crippen LogP) is 1.37. The Hall–Kier alpha value is -1.43. The van der Waals surface area contributed by atoms with Crippen LogP contribution in [0, 0.1) is 5.92 Å². The fourth-order valence-corrected chi connectivity index (χ4v) is 2.02. The van der Waals surface area contributed by atoms with Crippen molar-refractivity contribution < 1.29 is 14.3 Å². The van der Waals surface area contributed by atoms with Crippen LogP contribution in [0.4, 0.5) is 5.82 Å². The van der Waals surface area contributed by atoms with Gasteiger partial charge in [-0.1, -0.05) is 0 Å². The largest absolute Gasteiger partial charge is 0.469 e. The summed E-state index contributed by atoms with van der Waals surface area (Å²) in [7, 11) is 1.33. The maximum atomic E-state index is 11.8. The fraction of sp³-hybridized carbons (Fsp3) is 0.364. The van der Waals surface area contributed by atoms with E-state index < -0.39 is 5.92 Å². The Morgan fingerprint density at radius 3 is 2.94 bits per heavy atom. The summed E-state index contributed by atoms with van der Waals surface area (Å²) in [4.78, 5) is 28.8. The zero-order valence-electron chi connectivity index (χ0n) is 9.22. The molecule has 1 aliphatic heterocycles. The third-order valence-electron chi connectivity index (χ3n) is 2.65. The van der Waals surface area contributed by atoms with Crippen LogP contribution in [-0.4, -0.2) is 30.5 Å². The molecule has 1 atom stereocenters. The number of hydrogen-bond donors (Lipinski definition) is 0. The molecule has 17 heavy (non-hydrogen) atoms. The SMILES string of the molecule is COC(=O)C1CC(=O)N(c2ccc(Br)cn2)C1. The lowest BCUT2D eigenvalue weighted by atomic mass is 10.1. The average molecular weight is 299 g/mol. The van der Waals surface area contributed by atoms with E-state index in [2.05, 4.69) is 25.7 Å². The zero-order chi connectivity index (χ0) is 12.4. The van der Waals surface area contributed by atoms with Gasteiger partial charge in [-0.15, -0.1) is 0 Å². The van der Waals surface area contributed by atoms with E-state index in [0.29, 0.717) is 12.4 Å². The molecule has 1 aliphatic rings. The van der Waals surface area contributed by atoms with Crippen molar-refractivity contribution in [1.29, 1.82) is 0 Å². The molecule has 1 unspecified atom stereocenters. The molecular weight excluding hydrogens is 288 g/mol. The minimum Gasteiger partial charge on any atom is -0.469 e. The number of carbonyl (C=O) groups is 2. The molecule has 1 saturated heterocycles. The smallest absolute Gasteiger partial charge is 0.311 e. The van der Waals surface area contributed by atoms with Gasteiger partial charge in [0.05, 0.1) is 13.0 Å². The lowest BCUT2D eigenvalue weighted by Gasteiger charge is -2.14. The standard InChI is InChI=1S/C11H11BrN2O3/c1-17-11(16)7-4-10(15)14(6-7)9-3-2-8(12)5-13-9/h2-3,5,7H,4,6H2,1H3. The highest BCUT2D eigenvalue weighted by atomic mass is 79.9. The molecule has 0 spiro atoms. The second-order valence-electron chi connectivity index (χ2n) is 3.76. The summed E-state index contributed by atoms with van der Waals surface area (Å²) in [6.45, 7) is 0.333. The molecule has 5 nitrogen and oxygen atoms in total. The zero-order valence-corrected chi connectivity index (χ0v) is 10.8. The highest BCUT2D eigenvalue weighted by Gasteiger charge is 2.36. The molecule has 90 valence electrons. The third kappa shape index (κ3) is 2.46. The number of methoxy groups -OCH3 is 1. The first-order valence-electron chi connectivity index (χ1n) is 5.11. The Morgan fingerprint density at radius 1 is 1.59 bits per heavy atom. The van der Waals surface area contributed by atoms with Gasteiger partial charge >= 0.3 is 5.97 Å². The second-order valence-corrected chi connectivity index (χ2v) is 4.68. The molecule has 0 N–H and O–H groups in total. The van der Waals surface area contributed by atoms with Gasteiger partial charge in [0.1, 0.15) is 5.82 Å². The maximum absolute atomic E-state index is 11.8. The van der Waals surface area contributed by atoms with Gasteiger partial charge in [-0.25, -0.2) is 4.98 Å². The highest BCUT2D eigenvalue weighted by Crippen LogP contribution is 2.24. The minimum atomic E-state index is -0.391. The number of halogens is 1. The van der Waals surface area contributed by atoms with Gasteiger partial charge in [0.25, 0.3) is 0 Å². The van der Waals surface area contributed by atoms with E-state index in [1.54, 1.807) is 18.3 Å². The molecule has 1 fully saturated rings. The van der Waals surface area contributed by atoms with Crippen LogP contribution < -0.4 is 4.90 Å². The quantitative estimate of drug-likeness (QED) is 0.774. The van der Waals surface area contributed by atoms with Gasteiger partial charge in [-0.2, -0.15) is 0 Å². The molecule has 1 amide bonds. The van der Waals surface area contributed by atoms with Crippen LogP contribution in [0.1, 0.15) is 6.42 Å². The molecule has 0 bridgehead atoms. The van der Waals surface area contributed by atoms with Crippen molar-refractivity contribution in [3.05, 3.63) is 22.8 Å². The molecule has 0 radical (unpaired) electrons. The van der Waals surface area contributed by atoms with Gasteiger partial charge in [0.15, 0.2) is 0 Å². The van der Waals surface area contributed by atoms with Crippen LogP contribution in [0.2, 0.25) is 0 Å². The Balaban J connectivity index is 2.15. The van der Waals surface area contributed by atoms with Gasteiger partial charge in [-0.05, 0) is 28.1 Å². The molecule has 2 heterocycles. The van der Waals surface area contributed by atoms with Crippen molar-refractivity contribution in [3.8, 4) is 0 Å². The summed E-state index contributed by atoms with van der Waals surface area (Å²) in [5, 5.41) is 0. The maximum Gasteiger partial charge on any atom is 0.311 e. The number of anilines is 1. The van der Waals surface area contributed by atoms with Crippen LogP contribution in [0.3, 0.4) is 0 Å². The molecule has 6 heteroatoms. The van der Waals surface area contributed by atoms with E-state index in [0.717, 1.165) is 4.47 Å². The monoisotopic (exact) mass is 298 g/mol. The van der Waals surface area contributed by atoms with E-state index in [1.165, 1.54) is 12.0 Å². The number of hydrogen-bond acceptors (Lipinski definition) is 4. The lowest BCUT2D eigenvalue weighted by molar-refractivity contribution is -0.145. The topological polar surface area (TPSA) is 59.5 Å². The van der Waals surface area contributed by atoms with Crippen molar-refractivity contribution in [2.45, 2.75) is 6.42 Å². The predicted molar refractivity (Wildman–Crippen MR) is 64.4 cm³/mol. The number of nitrogens with zero attached hydrogens (tertiary/aromatic N) is 2. The summed E-state index contributed by atoms with van der Waals surface area (Å²) >= 11 is 3.28. The van der Waals surface area contributed by atoms with E-state index >= 15 is 0 Å². The van der Waals surface area contributed by atoms with Crippen LogP contribution >= 0.6 is 15.9 Å². The normalized spacial score (nSPS) is 19.5. The van der Waals surface area contributed by atoms with Crippen LogP contribution in [-0.2, 0) is 14.3 Å². The van der Waals surface area contributed by atoms with Crippen LogP contribution in [0.25, 0.3) is 0 Å². The number of amides is 1. The van der Waals surface area contributed by atoms with Crippen LogP contribution in [0.5, 0.6) is 0 Å². The van der Waals surface area contributed by atoms with E-state index in [4.69, 9.17) is 0 Å². The van der Waals surface area contributed by atoms with E-state index in [9.17, 15) is 9.59 Å². The lowest BCUT2D eigenvalue weighted by Crippen LogP contribution is -2.26. The Bertz CT molecular complexity index is 447. The van der Waals surface area contributed by atoms with Crippen LogP contribution in [0.15, 0.2) is 22.8 Å². The summed E-state index contributed by atoms with van der Waals surface area (Å²) in [6, 6.07) is 3.54. The summed E-state index contributed by atoms with van der Waals surface area (Å²) in [6.07, 6.45) is 1.80. The molecule has 0 aliphatic carbocycles. The van der Waals surface area contributed by atoms with Crippen molar-refractivity contribution in [2.24, 2.45) is 5.92 Å². The Labute approximate surface area is 107 Å². The molecule has 2 rings (SSSR count). The second kappa shape index (κ2) is 4.83. The fourth-order valence-electron chi connectivity index (χ4n) is 1.78. The summed E-state index contributed by atoms with van der Waals surface area (Å²) < 4.78 is 5.48. The molecule has 0 aromatic carbocycles. The van der Waals surface area contributed by atoms with Gasteiger partial charge < -0.3 is 4.74 Å². The first-order valence-corrected chi connectivity index (χ1v) is 5.91. The van der Waals surface area contributed by atoms with Gasteiger partial charge in [0.2, 0.25) is 5.91 Å². The first kappa shape index (κ1) is 12.0. The van der Waals surface area contributed by atoms with Crippen molar-refractivity contribution in [1.82, 2.24) is 4.98 Å². The first-order chi connectivity index (χ1) is 8.11. The number of aromatic nitrogens is 1. The highest BCUT2D eigenvalue weighted by molar-refractivity contribution is 9.10. The average Bonchev–Trinajstić information content (AvgIpc) is 2.71. The molecule has 0 saturated carbocycles. The summed E-state index contributed by atoms with van der Waals surface area (Å²) in [5.74, 6) is -0.282. The Morgan fingerprint density at radius 2 is 2.35 bits per heavy atom. The number of carbonyl (C=O) groups excluding carboxylic acids is 2. The van der Waals surface area contributed by atoms with Crippen molar-refractivity contribution in [3.63, 3.8) is 0 Å².